The van der Waals surface area contributed by atoms with Crippen LogP contribution >= 0.6 is 0 Å². The van der Waals surface area contributed by atoms with Crippen molar-refractivity contribution in [2.24, 2.45) is 0 Å². The molecule has 5 heteroatoms. The average molecular weight is 193 g/mol. The number of anilines is 1. The summed E-state index contributed by atoms with van der Waals surface area (Å²) in [7, 11) is 0. The van der Waals surface area contributed by atoms with Gasteiger partial charge in [-0.15, -0.1) is 10.2 Å². The SMILES string of the molecule is Cc1nnc(-c2cccc(F)c2N)o1. The fourth-order valence-corrected chi connectivity index (χ4v) is 1.13. The monoisotopic (exact) mass is 193 g/mol. The number of nitrogens with two attached hydrogens (primary N) is 1. The van der Waals surface area contributed by atoms with Gasteiger partial charge in [-0.25, -0.2) is 4.39 Å². The summed E-state index contributed by atoms with van der Waals surface area (Å²) in [4.78, 5) is 0. The van der Waals surface area contributed by atoms with E-state index >= 15 is 0 Å². The number of aromatic nitrogens is 2. The highest BCUT2D eigenvalue weighted by Gasteiger charge is 2.11. The lowest BCUT2D eigenvalue weighted by Crippen LogP contribution is -1.94. The van der Waals surface area contributed by atoms with Gasteiger partial charge in [0, 0.05) is 6.92 Å². The standard InChI is InChI=1S/C9H8FN3O/c1-5-12-13-9(14-5)6-3-2-4-7(10)8(6)11/h2-4H,11H2,1H3. The van der Waals surface area contributed by atoms with Crippen LogP contribution in [0.15, 0.2) is 22.6 Å². The van der Waals surface area contributed by atoms with Crippen molar-refractivity contribution in [3.63, 3.8) is 0 Å². The van der Waals surface area contributed by atoms with E-state index in [0.29, 0.717) is 11.5 Å². The van der Waals surface area contributed by atoms with Crippen LogP contribution in [0.4, 0.5) is 10.1 Å². The number of halogens is 1. The van der Waals surface area contributed by atoms with Crippen molar-refractivity contribution < 1.29 is 8.81 Å². The molecule has 1 aromatic carbocycles. The van der Waals surface area contributed by atoms with Crippen molar-refractivity contribution in [3.05, 3.63) is 29.9 Å². The van der Waals surface area contributed by atoms with Gasteiger partial charge in [0.2, 0.25) is 11.8 Å². The second-order valence-electron chi connectivity index (χ2n) is 2.83. The fourth-order valence-electron chi connectivity index (χ4n) is 1.13. The number of hydrogen-bond donors (Lipinski definition) is 1. The van der Waals surface area contributed by atoms with Crippen molar-refractivity contribution in [2.45, 2.75) is 6.92 Å². The van der Waals surface area contributed by atoms with E-state index in [1.165, 1.54) is 6.07 Å². The van der Waals surface area contributed by atoms with E-state index in [-0.39, 0.29) is 11.6 Å². The third-order valence-electron chi connectivity index (χ3n) is 1.81. The zero-order chi connectivity index (χ0) is 10.1. The Hall–Kier alpha value is -1.91. The molecule has 0 aliphatic heterocycles. The summed E-state index contributed by atoms with van der Waals surface area (Å²) in [6, 6.07) is 4.45. The Labute approximate surface area is 79.6 Å². The zero-order valence-corrected chi connectivity index (χ0v) is 7.49. The average Bonchev–Trinajstić information content (AvgIpc) is 2.57. The second kappa shape index (κ2) is 3.10. The maximum Gasteiger partial charge on any atom is 0.249 e. The maximum atomic E-state index is 13.1. The first-order chi connectivity index (χ1) is 6.68. The number of benzene rings is 1. The summed E-state index contributed by atoms with van der Waals surface area (Å²) in [6.45, 7) is 1.66. The highest BCUT2D eigenvalue weighted by molar-refractivity contribution is 5.70. The molecule has 0 spiro atoms. The van der Waals surface area contributed by atoms with Crippen LogP contribution in [-0.2, 0) is 0 Å². The number of hydrogen-bond acceptors (Lipinski definition) is 4. The first-order valence-corrected chi connectivity index (χ1v) is 4.03. The molecule has 14 heavy (non-hydrogen) atoms. The zero-order valence-electron chi connectivity index (χ0n) is 7.49. The van der Waals surface area contributed by atoms with E-state index in [1.807, 2.05) is 0 Å². The first kappa shape index (κ1) is 8.68. The van der Waals surface area contributed by atoms with Crippen molar-refractivity contribution in [2.75, 3.05) is 5.73 Å². The van der Waals surface area contributed by atoms with E-state index in [1.54, 1.807) is 19.1 Å². The Balaban J connectivity index is 2.57. The first-order valence-electron chi connectivity index (χ1n) is 4.03. The second-order valence-corrected chi connectivity index (χ2v) is 2.83. The van der Waals surface area contributed by atoms with Gasteiger partial charge in [0.15, 0.2) is 0 Å². The molecule has 0 radical (unpaired) electrons. The smallest absolute Gasteiger partial charge is 0.249 e. The Morgan fingerprint density at radius 2 is 2.14 bits per heavy atom. The normalized spacial score (nSPS) is 10.4. The van der Waals surface area contributed by atoms with Crippen LogP contribution in [-0.4, -0.2) is 10.2 Å². The summed E-state index contributed by atoms with van der Waals surface area (Å²) in [5, 5.41) is 7.39. The molecule has 0 fully saturated rings. The Bertz CT molecular complexity index is 467. The van der Waals surface area contributed by atoms with Crippen LogP contribution in [0.3, 0.4) is 0 Å². The van der Waals surface area contributed by atoms with Gasteiger partial charge in [-0.05, 0) is 12.1 Å². The lowest BCUT2D eigenvalue weighted by atomic mass is 10.2. The topological polar surface area (TPSA) is 64.9 Å². The summed E-state index contributed by atoms with van der Waals surface area (Å²) in [5.74, 6) is 0.168. The van der Waals surface area contributed by atoms with Crippen LogP contribution in [0, 0.1) is 12.7 Å². The van der Waals surface area contributed by atoms with Crippen LogP contribution in [0.25, 0.3) is 11.5 Å². The minimum Gasteiger partial charge on any atom is -0.421 e. The fraction of sp³-hybridized carbons (Fsp3) is 0.111. The van der Waals surface area contributed by atoms with Gasteiger partial charge in [-0.1, -0.05) is 6.07 Å². The van der Waals surface area contributed by atoms with Gasteiger partial charge in [-0.3, -0.25) is 0 Å². The molecule has 2 rings (SSSR count). The number of nitrogens with zero attached hydrogens (tertiary/aromatic N) is 2. The van der Waals surface area contributed by atoms with Crippen LogP contribution < -0.4 is 5.73 Å². The molecule has 72 valence electrons. The van der Waals surface area contributed by atoms with E-state index in [4.69, 9.17) is 10.2 Å². The minimum atomic E-state index is -0.488. The van der Waals surface area contributed by atoms with Crippen molar-refractivity contribution in [3.8, 4) is 11.5 Å². The van der Waals surface area contributed by atoms with Gasteiger partial charge >= 0.3 is 0 Å². The predicted octanol–water partition coefficient (Wildman–Crippen LogP) is 1.77. The van der Waals surface area contributed by atoms with Gasteiger partial charge in [0.05, 0.1) is 11.3 Å². The molecule has 0 atom stereocenters. The molecule has 0 aliphatic rings. The third-order valence-corrected chi connectivity index (χ3v) is 1.81. The van der Waals surface area contributed by atoms with Gasteiger partial charge in [-0.2, -0.15) is 0 Å². The predicted molar refractivity (Wildman–Crippen MR) is 48.8 cm³/mol. The third kappa shape index (κ3) is 1.32. The van der Waals surface area contributed by atoms with Crippen molar-refractivity contribution in [1.29, 1.82) is 0 Å². The quantitative estimate of drug-likeness (QED) is 0.701. The Kier molecular flexibility index (Phi) is 1.92. The van der Waals surface area contributed by atoms with E-state index in [0.717, 1.165) is 0 Å². The van der Waals surface area contributed by atoms with Crippen LogP contribution in [0.1, 0.15) is 5.89 Å². The van der Waals surface area contributed by atoms with E-state index in [2.05, 4.69) is 10.2 Å². The van der Waals surface area contributed by atoms with E-state index < -0.39 is 5.82 Å². The summed E-state index contributed by atoms with van der Waals surface area (Å²) in [5.41, 5.74) is 5.97. The number of aryl methyl sites for hydroxylation is 1. The molecule has 0 unspecified atom stereocenters. The summed E-state index contributed by atoms with van der Waals surface area (Å²) >= 11 is 0. The van der Waals surface area contributed by atoms with Gasteiger partial charge in [0.25, 0.3) is 0 Å². The minimum absolute atomic E-state index is 0.0242. The lowest BCUT2D eigenvalue weighted by Gasteiger charge is -2.00. The largest absolute Gasteiger partial charge is 0.421 e. The summed E-state index contributed by atoms with van der Waals surface area (Å²) < 4.78 is 18.2. The van der Waals surface area contributed by atoms with Gasteiger partial charge < -0.3 is 10.2 Å². The molecular weight excluding hydrogens is 185 g/mol. The number of nitrogen functional groups attached to an aromatic ring is 1. The Morgan fingerprint density at radius 3 is 2.79 bits per heavy atom. The number of para-hydroxylation sites is 1. The molecule has 0 saturated carbocycles. The maximum absolute atomic E-state index is 13.1. The molecule has 2 N–H and O–H groups in total. The molecule has 2 aromatic rings. The molecule has 4 nitrogen and oxygen atoms in total. The van der Waals surface area contributed by atoms with Crippen molar-refractivity contribution >= 4 is 5.69 Å². The molecular formula is C9H8FN3O. The molecule has 0 amide bonds. The van der Waals surface area contributed by atoms with E-state index in [9.17, 15) is 4.39 Å². The highest BCUT2D eigenvalue weighted by Crippen LogP contribution is 2.26. The summed E-state index contributed by atoms with van der Waals surface area (Å²) in [6.07, 6.45) is 0. The van der Waals surface area contributed by atoms with Gasteiger partial charge in [0.1, 0.15) is 5.82 Å². The molecule has 0 bridgehead atoms. The number of rotatable bonds is 1. The molecule has 0 aliphatic carbocycles. The Morgan fingerprint density at radius 1 is 1.36 bits per heavy atom. The van der Waals surface area contributed by atoms with Crippen molar-refractivity contribution in [1.82, 2.24) is 10.2 Å². The highest BCUT2D eigenvalue weighted by atomic mass is 19.1. The molecule has 1 heterocycles. The van der Waals surface area contributed by atoms with Crippen LogP contribution in [0.2, 0.25) is 0 Å². The van der Waals surface area contributed by atoms with Crippen LogP contribution in [0.5, 0.6) is 0 Å². The molecule has 1 aromatic heterocycles. The lowest BCUT2D eigenvalue weighted by molar-refractivity contribution is 0.532. The molecule has 0 saturated heterocycles.